The van der Waals surface area contributed by atoms with Crippen LogP contribution in [0.4, 0.5) is 0 Å². The van der Waals surface area contributed by atoms with Crippen molar-refractivity contribution in [2.75, 3.05) is 6.61 Å². The summed E-state index contributed by atoms with van der Waals surface area (Å²) >= 11 is 0. The summed E-state index contributed by atoms with van der Waals surface area (Å²) in [4.78, 5) is 37.0. The molecule has 0 spiro atoms. The van der Waals surface area contributed by atoms with Crippen LogP contribution >= 0.6 is 33.0 Å². The van der Waals surface area contributed by atoms with E-state index in [9.17, 15) is 37.8 Å². The third-order valence-electron chi connectivity index (χ3n) is 0.396. The molecule has 0 heterocycles. The summed E-state index contributed by atoms with van der Waals surface area (Å²) in [7, 11) is -12.9. The fraction of sp³-hybridized carbons (Fsp3) is 0.333. The molecule has 0 saturated carbocycles. The molecule has 0 rings (SSSR count). The van der Waals surface area contributed by atoms with Crippen molar-refractivity contribution < 1.29 is 73.3 Å². The smallest absolute Gasteiger partial charge is 0.563 e. The second kappa shape index (κ2) is 20.9. The molecule has 11 nitrogen and oxygen atoms in total. The molecule has 1 N–H and O–H groups in total. The van der Waals surface area contributed by atoms with Gasteiger partial charge in [0.25, 0.3) is 0 Å². The van der Waals surface area contributed by atoms with Crippen LogP contribution in [0.3, 0.4) is 0 Å². The Labute approximate surface area is 126 Å². The van der Waals surface area contributed by atoms with Gasteiger partial charge < -0.3 is 24.7 Å². The van der Waals surface area contributed by atoms with Gasteiger partial charge in [-0.15, -0.1) is 6.58 Å². The molecule has 0 fully saturated rings. The standard InChI is InChI=1S/C3H6O.2O5P2.Ti/c1-2-3-4;2*1-6(2)5-7(3)4;/h2,4H,1,3H2;;;/q;;;+4. The fourth-order valence-corrected chi connectivity index (χ4v) is 0.980. The van der Waals surface area contributed by atoms with Gasteiger partial charge in [0.1, 0.15) is 8.62 Å². The number of hydrogen-bond donors (Lipinski definition) is 1. The van der Waals surface area contributed by atoms with E-state index in [0.29, 0.717) is 0 Å². The van der Waals surface area contributed by atoms with Crippen molar-refractivity contribution in [2.24, 2.45) is 0 Å². The number of aliphatic hydroxyl groups excluding tert-OH is 1. The van der Waals surface area contributed by atoms with E-state index in [0.717, 1.165) is 0 Å². The average molecular weight is 390 g/mol. The van der Waals surface area contributed by atoms with Crippen LogP contribution in [0.25, 0.3) is 0 Å². The van der Waals surface area contributed by atoms with Crippen LogP contribution in [0, 0.1) is 0 Å². The molecule has 0 amide bonds. The van der Waals surface area contributed by atoms with Gasteiger partial charge in [-0.05, 0) is 18.3 Å². The van der Waals surface area contributed by atoms with E-state index in [1.165, 1.54) is 6.08 Å². The molecule has 4 unspecified atom stereocenters. The van der Waals surface area contributed by atoms with Gasteiger partial charge >= 0.3 is 54.7 Å². The first-order valence-corrected chi connectivity index (χ1v) is 7.71. The molecular weight excluding hydrogens is 384 g/mol. The maximum absolute atomic E-state index is 9.24. The van der Waals surface area contributed by atoms with Gasteiger partial charge in [-0.3, -0.25) is 0 Å². The molecule has 0 aliphatic rings. The zero-order valence-corrected chi connectivity index (χ0v) is 13.9. The van der Waals surface area contributed by atoms with Crippen LogP contribution in [0.5, 0.6) is 0 Å². The Bertz CT molecular complexity index is 256. The Morgan fingerprint density at radius 1 is 0.895 bits per heavy atom. The van der Waals surface area contributed by atoms with E-state index in [1.54, 1.807) is 0 Å². The first-order chi connectivity index (χ1) is 8.17. The van der Waals surface area contributed by atoms with Crippen molar-refractivity contribution >= 4 is 33.0 Å². The van der Waals surface area contributed by atoms with E-state index >= 15 is 0 Å². The van der Waals surface area contributed by atoms with Gasteiger partial charge in [-0.1, -0.05) is 6.08 Å². The van der Waals surface area contributed by atoms with Crippen LogP contribution in [0.15, 0.2) is 12.7 Å². The van der Waals surface area contributed by atoms with Gasteiger partial charge in [0.15, 0.2) is 0 Å². The van der Waals surface area contributed by atoms with Crippen LogP contribution in [-0.2, 0) is 48.6 Å². The third-order valence-corrected chi connectivity index (χ3v) is 2.53. The molecule has 16 heteroatoms. The first-order valence-electron chi connectivity index (χ1n) is 3.32. The topological polar surface area (TPSA) is 199 Å². The van der Waals surface area contributed by atoms with E-state index in [2.05, 4.69) is 15.2 Å². The van der Waals surface area contributed by atoms with E-state index < -0.39 is 33.0 Å². The van der Waals surface area contributed by atoms with Crippen LogP contribution in [-0.4, -0.2) is 11.7 Å². The van der Waals surface area contributed by atoms with E-state index in [4.69, 9.17) is 5.11 Å². The molecule has 0 saturated heterocycles. The average Bonchev–Trinajstić information content (AvgIpc) is 2.14. The Hall–Kier alpha value is 0.574. The SMILES string of the molecule is C=CCO.O=[P+]([O-])O[P+](=O)[O-].O=[P+]([O-])O[P+](=O)[O-].[Ti+4]. The fourth-order valence-electron chi connectivity index (χ4n) is 0.109. The summed E-state index contributed by atoms with van der Waals surface area (Å²) in [5, 5.41) is 7.76. The van der Waals surface area contributed by atoms with Gasteiger partial charge in [-0.25, -0.2) is 0 Å². The summed E-state index contributed by atoms with van der Waals surface area (Å²) in [5.41, 5.74) is 0. The van der Waals surface area contributed by atoms with E-state index in [-0.39, 0.29) is 28.3 Å². The second-order valence-electron chi connectivity index (χ2n) is 1.53. The van der Waals surface area contributed by atoms with Crippen LogP contribution < -0.4 is 19.6 Å². The van der Waals surface area contributed by atoms with E-state index in [1.807, 2.05) is 0 Å². The van der Waals surface area contributed by atoms with Crippen molar-refractivity contribution in [3.63, 3.8) is 0 Å². The monoisotopic (exact) mass is 390 g/mol. The van der Waals surface area contributed by atoms with Crippen molar-refractivity contribution in [3.8, 4) is 0 Å². The minimum atomic E-state index is -3.24. The van der Waals surface area contributed by atoms with Crippen molar-refractivity contribution in [1.82, 2.24) is 0 Å². The molecule has 4 atom stereocenters. The van der Waals surface area contributed by atoms with Crippen molar-refractivity contribution in [2.45, 2.75) is 0 Å². The summed E-state index contributed by atoms with van der Waals surface area (Å²) in [6, 6.07) is 0. The number of aliphatic hydroxyl groups is 1. The zero-order chi connectivity index (χ0) is 15.1. The largest absolute Gasteiger partial charge is 4.00 e. The third kappa shape index (κ3) is 55.7. The first kappa shape index (κ1) is 27.8. The van der Waals surface area contributed by atoms with Crippen molar-refractivity contribution in [1.29, 1.82) is 0 Å². The Balaban J connectivity index is -0.0000000900. The van der Waals surface area contributed by atoms with Gasteiger partial charge in [0.2, 0.25) is 0 Å². The summed E-state index contributed by atoms with van der Waals surface area (Å²) in [5.74, 6) is 0. The maximum Gasteiger partial charge on any atom is 4.00 e. The van der Waals surface area contributed by atoms with Crippen molar-refractivity contribution in [3.05, 3.63) is 12.7 Å². The Kier molecular flexibility index (Phi) is 30.6. The molecule has 104 valence electrons. The summed E-state index contributed by atoms with van der Waals surface area (Å²) in [6.45, 7) is 3.31. The predicted octanol–water partition coefficient (Wildman–Crippen LogP) is -1.76. The predicted molar refractivity (Wildman–Crippen MR) is 49.9 cm³/mol. The Morgan fingerprint density at radius 3 is 1.05 bits per heavy atom. The normalized spacial score (nSPS) is 11.2. The van der Waals surface area contributed by atoms with Crippen LogP contribution in [0.2, 0.25) is 0 Å². The molecular formula is C3H6O11P4Ti+4. The second-order valence-corrected chi connectivity index (χ2v) is 4.62. The molecule has 19 heavy (non-hydrogen) atoms. The molecule has 0 aliphatic carbocycles. The minimum Gasteiger partial charge on any atom is -0.563 e. The number of hydrogen-bond acceptors (Lipinski definition) is 11. The molecule has 0 radical (unpaired) electrons. The Morgan fingerprint density at radius 2 is 1.05 bits per heavy atom. The molecule has 0 aliphatic heterocycles. The molecule has 0 aromatic rings. The van der Waals surface area contributed by atoms with Gasteiger partial charge in [-0.2, -0.15) is 0 Å². The molecule has 0 aromatic carbocycles. The summed E-state index contributed by atoms with van der Waals surface area (Å²) < 4.78 is 43.3. The summed E-state index contributed by atoms with van der Waals surface area (Å²) in [6.07, 6.45) is 1.43. The van der Waals surface area contributed by atoms with Gasteiger partial charge in [0.05, 0.1) is 6.61 Å². The minimum absolute atomic E-state index is 0. The molecule has 0 aromatic heterocycles. The van der Waals surface area contributed by atoms with Crippen LogP contribution in [0.1, 0.15) is 0 Å². The number of rotatable bonds is 5. The zero-order valence-electron chi connectivity index (χ0n) is 8.81. The maximum atomic E-state index is 9.24. The quantitative estimate of drug-likeness (QED) is 0.317. The van der Waals surface area contributed by atoms with Gasteiger partial charge in [0, 0.05) is 0 Å². The molecule has 0 bridgehead atoms.